The van der Waals surface area contributed by atoms with Gasteiger partial charge in [0.25, 0.3) is 0 Å². The summed E-state index contributed by atoms with van der Waals surface area (Å²) in [6.45, 7) is 4.84. The van der Waals surface area contributed by atoms with E-state index >= 15 is 0 Å². The molecule has 0 amide bonds. The molecule has 0 radical (unpaired) electrons. The summed E-state index contributed by atoms with van der Waals surface area (Å²) in [6.07, 6.45) is 0.114. The van der Waals surface area contributed by atoms with Crippen molar-refractivity contribution < 1.29 is 19.1 Å². The number of hydrogen-bond acceptors (Lipinski definition) is 4. The molecule has 4 heteroatoms. The molecular formula is C22H24O4. The van der Waals surface area contributed by atoms with Crippen molar-refractivity contribution in [1.29, 1.82) is 0 Å². The molecule has 0 aliphatic heterocycles. The van der Waals surface area contributed by atoms with Crippen molar-refractivity contribution in [3.63, 3.8) is 0 Å². The highest BCUT2D eigenvalue weighted by molar-refractivity contribution is 6.05. The van der Waals surface area contributed by atoms with Crippen molar-refractivity contribution in [2.24, 2.45) is 11.8 Å². The molecule has 2 aromatic carbocycles. The predicted octanol–water partition coefficient (Wildman–Crippen LogP) is 3.87. The molecule has 0 saturated heterocycles. The van der Waals surface area contributed by atoms with E-state index < -0.39 is 17.8 Å². The van der Waals surface area contributed by atoms with Crippen LogP contribution in [0.4, 0.5) is 0 Å². The second-order valence-electron chi connectivity index (χ2n) is 6.34. The lowest BCUT2D eigenvalue weighted by molar-refractivity contribution is -0.154. The first-order chi connectivity index (χ1) is 12.4. The molecule has 0 heterocycles. The molecule has 2 aromatic rings. The summed E-state index contributed by atoms with van der Waals surface area (Å²) >= 11 is 0. The van der Waals surface area contributed by atoms with Gasteiger partial charge >= 0.3 is 5.97 Å². The van der Waals surface area contributed by atoms with Gasteiger partial charge in [0.15, 0.2) is 0 Å². The number of ketones is 2. The first-order valence-corrected chi connectivity index (χ1v) is 8.78. The standard InChI is InChI=1S/C22H24O4/c1-4-26-22(25)15(2)21(16(3)23)20(24)14-17-10-12-19(13-11-17)18-8-6-5-7-9-18/h5-13,15,21H,4,14H2,1-3H3. The Morgan fingerprint density at radius 2 is 1.50 bits per heavy atom. The molecule has 0 spiro atoms. The molecule has 136 valence electrons. The van der Waals surface area contributed by atoms with Crippen LogP contribution < -0.4 is 0 Å². The number of benzene rings is 2. The Kier molecular flexibility index (Phi) is 6.84. The average Bonchev–Trinajstić information content (AvgIpc) is 2.63. The van der Waals surface area contributed by atoms with Crippen molar-refractivity contribution in [3.05, 3.63) is 60.2 Å². The Balaban J connectivity index is 2.11. The van der Waals surface area contributed by atoms with E-state index in [-0.39, 0.29) is 24.6 Å². The maximum atomic E-state index is 12.6. The zero-order valence-corrected chi connectivity index (χ0v) is 15.4. The summed E-state index contributed by atoms with van der Waals surface area (Å²) in [5, 5.41) is 0. The van der Waals surface area contributed by atoms with Crippen molar-refractivity contribution in [1.82, 2.24) is 0 Å². The summed E-state index contributed by atoms with van der Waals surface area (Å²) in [5.41, 5.74) is 2.98. The van der Waals surface area contributed by atoms with Gasteiger partial charge in [-0.2, -0.15) is 0 Å². The number of ether oxygens (including phenoxy) is 1. The Bertz CT molecular complexity index is 762. The third kappa shape index (κ3) is 4.88. The fraction of sp³-hybridized carbons (Fsp3) is 0.318. The van der Waals surface area contributed by atoms with E-state index in [0.29, 0.717) is 0 Å². The average molecular weight is 352 g/mol. The Morgan fingerprint density at radius 3 is 2.04 bits per heavy atom. The van der Waals surface area contributed by atoms with Crippen LogP contribution in [0.25, 0.3) is 11.1 Å². The van der Waals surface area contributed by atoms with E-state index in [2.05, 4.69) is 0 Å². The monoisotopic (exact) mass is 352 g/mol. The maximum absolute atomic E-state index is 12.6. The molecule has 26 heavy (non-hydrogen) atoms. The second-order valence-corrected chi connectivity index (χ2v) is 6.34. The largest absolute Gasteiger partial charge is 0.466 e. The molecule has 2 atom stereocenters. The second kappa shape index (κ2) is 9.09. The van der Waals surface area contributed by atoms with Gasteiger partial charge in [-0.05, 0) is 30.5 Å². The summed E-state index contributed by atoms with van der Waals surface area (Å²) in [4.78, 5) is 36.5. The summed E-state index contributed by atoms with van der Waals surface area (Å²) in [7, 11) is 0. The number of carbonyl (C=O) groups is 3. The first kappa shape index (κ1) is 19.6. The Labute approximate surface area is 154 Å². The Morgan fingerprint density at radius 1 is 0.923 bits per heavy atom. The number of esters is 1. The number of Topliss-reactive ketones (excluding diaryl/α,β-unsaturated/α-hetero) is 2. The van der Waals surface area contributed by atoms with Crippen molar-refractivity contribution in [2.75, 3.05) is 6.61 Å². The molecule has 2 rings (SSSR count). The highest BCUT2D eigenvalue weighted by atomic mass is 16.5. The first-order valence-electron chi connectivity index (χ1n) is 8.78. The highest BCUT2D eigenvalue weighted by Crippen LogP contribution is 2.22. The SMILES string of the molecule is CCOC(=O)C(C)C(C(C)=O)C(=O)Cc1ccc(-c2ccccc2)cc1. The zero-order chi connectivity index (χ0) is 19.1. The number of hydrogen-bond donors (Lipinski definition) is 0. The maximum Gasteiger partial charge on any atom is 0.309 e. The third-order valence-corrected chi connectivity index (χ3v) is 4.38. The summed E-state index contributed by atoms with van der Waals surface area (Å²) < 4.78 is 4.96. The van der Waals surface area contributed by atoms with Crippen LogP contribution in [0.15, 0.2) is 54.6 Å². The Hall–Kier alpha value is -2.75. The molecule has 0 aliphatic rings. The third-order valence-electron chi connectivity index (χ3n) is 4.38. The lowest BCUT2D eigenvalue weighted by atomic mass is 9.84. The predicted molar refractivity (Wildman–Crippen MR) is 101 cm³/mol. The van der Waals surface area contributed by atoms with Gasteiger partial charge in [0.05, 0.1) is 18.4 Å². The van der Waals surface area contributed by atoms with Gasteiger partial charge in [0.1, 0.15) is 11.6 Å². The van der Waals surface area contributed by atoms with E-state index in [4.69, 9.17) is 4.74 Å². The number of carbonyl (C=O) groups excluding carboxylic acids is 3. The van der Waals surface area contributed by atoms with Crippen molar-refractivity contribution in [2.45, 2.75) is 27.2 Å². The van der Waals surface area contributed by atoms with Crippen LogP contribution in [0, 0.1) is 11.8 Å². The van der Waals surface area contributed by atoms with Crippen LogP contribution in [0.2, 0.25) is 0 Å². The molecule has 0 fully saturated rings. The van der Waals surface area contributed by atoms with Gasteiger partial charge in [0.2, 0.25) is 0 Å². The molecule has 0 saturated carbocycles. The fourth-order valence-electron chi connectivity index (χ4n) is 3.02. The summed E-state index contributed by atoms with van der Waals surface area (Å²) in [6, 6.07) is 17.6. The van der Waals surface area contributed by atoms with E-state index in [9.17, 15) is 14.4 Å². The van der Waals surface area contributed by atoms with Crippen LogP contribution >= 0.6 is 0 Å². The fourth-order valence-corrected chi connectivity index (χ4v) is 3.02. The highest BCUT2D eigenvalue weighted by Gasteiger charge is 2.34. The van der Waals surface area contributed by atoms with E-state index in [1.54, 1.807) is 13.8 Å². The van der Waals surface area contributed by atoms with Crippen LogP contribution in [0.3, 0.4) is 0 Å². The van der Waals surface area contributed by atoms with Gasteiger partial charge in [-0.15, -0.1) is 0 Å². The molecule has 4 nitrogen and oxygen atoms in total. The van der Waals surface area contributed by atoms with Gasteiger partial charge < -0.3 is 4.74 Å². The quantitative estimate of drug-likeness (QED) is 0.534. The lowest BCUT2D eigenvalue weighted by Gasteiger charge is -2.19. The van der Waals surface area contributed by atoms with Crippen LogP contribution in [-0.4, -0.2) is 24.1 Å². The van der Waals surface area contributed by atoms with Gasteiger partial charge in [-0.1, -0.05) is 61.5 Å². The minimum atomic E-state index is -0.970. The lowest BCUT2D eigenvalue weighted by Crippen LogP contribution is -2.35. The summed E-state index contributed by atoms with van der Waals surface area (Å²) in [5.74, 6) is -2.83. The number of rotatable bonds is 8. The zero-order valence-electron chi connectivity index (χ0n) is 15.4. The normalized spacial score (nSPS) is 12.9. The topological polar surface area (TPSA) is 60.4 Å². The van der Waals surface area contributed by atoms with Crippen LogP contribution in [0.1, 0.15) is 26.3 Å². The van der Waals surface area contributed by atoms with E-state index in [1.807, 2.05) is 54.6 Å². The molecule has 0 N–H and O–H groups in total. The van der Waals surface area contributed by atoms with Crippen LogP contribution in [0.5, 0.6) is 0 Å². The molecule has 0 bridgehead atoms. The van der Waals surface area contributed by atoms with Gasteiger partial charge in [-0.25, -0.2) is 0 Å². The molecular weight excluding hydrogens is 328 g/mol. The van der Waals surface area contributed by atoms with E-state index in [1.165, 1.54) is 6.92 Å². The van der Waals surface area contributed by atoms with Gasteiger partial charge in [-0.3, -0.25) is 14.4 Å². The molecule has 2 unspecified atom stereocenters. The smallest absolute Gasteiger partial charge is 0.309 e. The van der Waals surface area contributed by atoms with Gasteiger partial charge in [0, 0.05) is 6.42 Å². The minimum Gasteiger partial charge on any atom is -0.466 e. The van der Waals surface area contributed by atoms with Crippen molar-refractivity contribution >= 4 is 17.5 Å². The molecule has 0 aromatic heterocycles. The minimum absolute atomic E-state index is 0.114. The van der Waals surface area contributed by atoms with Crippen molar-refractivity contribution in [3.8, 4) is 11.1 Å². The molecule has 0 aliphatic carbocycles. The van der Waals surface area contributed by atoms with E-state index in [0.717, 1.165) is 16.7 Å². The van der Waals surface area contributed by atoms with Crippen LogP contribution in [-0.2, 0) is 25.5 Å².